The molecule has 1 heterocycles. The Morgan fingerprint density at radius 2 is 2.09 bits per heavy atom. The molecule has 0 aliphatic heterocycles. The zero-order valence-electron chi connectivity index (χ0n) is 12.8. The fraction of sp³-hybridized carbons (Fsp3) is 0.412. The minimum atomic E-state index is -0.717. The van der Waals surface area contributed by atoms with Gasteiger partial charge in [-0.1, -0.05) is 31.4 Å². The van der Waals surface area contributed by atoms with Crippen molar-refractivity contribution in [2.45, 2.75) is 44.6 Å². The SMILES string of the molecule is Cc1nc(-c2cccc(NC(=O)C3(N)CCCCC3)c2)cs1. The number of amides is 1. The van der Waals surface area contributed by atoms with E-state index in [0.717, 1.165) is 47.6 Å². The molecule has 22 heavy (non-hydrogen) atoms. The molecule has 1 amide bonds. The van der Waals surface area contributed by atoms with Gasteiger partial charge < -0.3 is 11.1 Å². The predicted octanol–water partition coefficient (Wildman–Crippen LogP) is 3.72. The number of carbonyl (C=O) groups excluding carboxylic acids is 1. The van der Waals surface area contributed by atoms with E-state index < -0.39 is 5.54 Å². The van der Waals surface area contributed by atoms with Gasteiger partial charge in [0, 0.05) is 16.6 Å². The van der Waals surface area contributed by atoms with E-state index in [9.17, 15) is 4.79 Å². The molecule has 0 atom stereocenters. The molecule has 1 aromatic heterocycles. The molecule has 3 rings (SSSR count). The number of carbonyl (C=O) groups is 1. The Morgan fingerprint density at radius 1 is 1.32 bits per heavy atom. The molecule has 1 aliphatic carbocycles. The lowest BCUT2D eigenvalue weighted by Gasteiger charge is -2.31. The van der Waals surface area contributed by atoms with Crippen LogP contribution in [-0.2, 0) is 4.79 Å². The van der Waals surface area contributed by atoms with E-state index in [2.05, 4.69) is 10.3 Å². The predicted molar refractivity (Wildman–Crippen MR) is 90.9 cm³/mol. The van der Waals surface area contributed by atoms with Crippen molar-refractivity contribution in [3.63, 3.8) is 0 Å². The Bertz CT molecular complexity index is 674. The smallest absolute Gasteiger partial charge is 0.244 e. The molecular weight excluding hydrogens is 294 g/mol. The lowest BCUT2D eigenvalue weighted by atomic mass is 9.82. The van der Waals surface area contributed by atoms with Crippen molar-refractivity contribution in [1.82, 2.24) is 4.98 Å². The van der Waals surface area contributed by atoms with E-state index in [-0.39, 0.29) is 5.91 Å². The molecule has 3 N–H and O–H groups in total. The number of aromatic nitrogens is 1. The van der Waals surface area contributed by atoms with Crippen LogP contribution in [0.15, 0.2) is 29.6 Å². The summed E-state index contributed by atoms with van der Waals surface area (Å²) >= 11 is 1.62. The van der Waals surface area contributed by atoms with Crippen LogP contribution in [0.2, 0.25) is 0 Å². The summed E-state index contributed by atoms with van der Waals surface area (Å²) in [7, 11) is 0. The quantitative estimate of drug-likeness (QED) is 0.907. The minimum absolute atomic E-state index is 0.0705. The molecule has 0 unspecified atom stereocenters. The van der Waals surface area contributed by atoms with Crippen LogP contribution in [0.25, 0.3) is 11.3 Å². The zero-order chi connectivity index (χ0) is 15.6. The number of benzene rings is 1. The zero-order valence-corrected chi connectivity index (χ0v) is 13.6. The first-order valence-corrected chi connectivity index (χ1v) is 8.58. The summed E-state index contributed by atoms with van der Waals surface area (Å²) < 4.78 is 0. The van der Waals surface area contributed by atoms with E-state index in [1.54, 1.807) is 11.3 Å². The standard InChI is InChI=1S/C17H21N3OS/c1-12-19-15(11-22-12)13-6-5-7-14(10-13)20-16(21)17(18)8-3-2-4-9-17/h5-7,10-11H,2-4,8-9,18H2,1H3,(H,20,21). The highest BCUT2D eigenvalue weighted by atomic mass is 32.1. The lowest BCUT2D eigenvalue weighted by Crippen LogP contribution is -2.52. The largest absolute Gasteiger partial charge is 0.324 e. The number of rotatable bonds is 3. The highest BCUT2D eigenvalue weighted by Crippen LogP contribution is 2.28. The Morgan fingerprint density at radius 3 is 2.77 bits per heavy atom. The molecule has 2 aromatic rings. The first-order chi connectivity index (χ1) is 10.6. The average molecular weight is 315 g/mol. The van der Waals surface area contributed by atoms with E-state index >= 15 is 0 Å². The molecule has 0 bridgehead atoms. The number of thiazole rings is 1. The third-order valence-electron chi connectivity index (χ3n) is 4.23. The third kappa shape index (κ3) is 3.20. The Hall–Kier alpha value is -1.72. The van der Waals surface area contributed by atoms with Crippen molar-refractivity contribution in [2.75, 3.05) is 5.32 Å². The summed E-state index contributed by atoms with van der Waals surface area (Å²) in [5.74, 6) is -0.0705. The lowest BCUT2D eigenvalue weighted by molar-refractivity contribution is -0.122. The Labute approximate surface area is 134 Å². The molecule has 1 fully saturated rings. The van der Waals surface area contributed by atoms with E-state index in [0.29, 0.717) is 0 Å². The van der Waals surface area contributed by atoms with Crippen LogP contribution in [0.3, 0.4) is 0 Å². The Kier molecular flexibility index (Phi) is 4.27. The van der Waals surface area contributed by atoms with E-state index in [4.69, 9.17) is 5.73 Å². The fourth-order valence-corrected chi connectivity index (χ4v) is 3.54. The third-order valence-corrected chi connectivity index (χ3v) is 5.01. The molecule has 4 nitrogen and oxygen atoms in total. The van der Waals surface area contributed by atoms with Crippen molar-refractivity contribution >= 4 is 22.9 Å². The molecule has 0 radical (unpaired) electrons. The molecular formula is C17H21N3OS. The summed E-state index contributed by atoms with van der Waals surface area (Å²) in [6.45, 7) is 1.99. The number of nitrogens with zero attached hydrogens (tertiary/aromatic N) is 1. The van der Waals surface area contributed by atoms with Crippen LogP contribution in [0, 0.1) is 6.92 Å². The van der Waals surface area contributed by atoms with Gasteiger partial charge in [0.05, 0.1) is 16.2 Å². The fourth-order valence-electron chi connectivity index (χ4n) is 2.92. The van der Waals surface area contributed by atoms with Gasteiger partial charge in [-0.25, -0.2) is 4.98 Å². The van der Waals surface area contributed by atoms with Crippen molar-refractivity contribution in [1.29, 1.82) is 0 Å². The molecule has 116 valence electrons. The van der Waals surface area contributed by atoms with Crippen molar-refractivity contribution in [3.8, 4) is 11.3 Å². The summed E-state index contributed by atoms with van der Waals surface area (Å²) in [6, 6.07) is 7.79. The molecule has 0 spiro atoms. The number of hydrogen-bond donors (Lipinski definition) is 2. The number of hydrogen-bond acceptors (Lipinski definition) is 4. The minimum Gasteiger partial charge on any atom is -0.324 e. The van der Waals surface area contributed by atoms with Gasteiger partial charge in [0.25, 0.3) is 0 Å². The van der Waals surface area contributed by atoms with Gasteiger partial charge in [-0.05, 0) is 31.9 Å². The molecule has 0 saturated heterocycles. The monoisotopic (exact) mass is 315 g/mol. The summed E-state index contributed by atoms with van der Waals surface area (Å²) in [4.78, 5) is 17.0. The topological polar surface area (TPSA) is 68.0 Å². The van der Waals surface area contributed by atoms with Gasteiger partial charge >= 0.3 is 0 Å². The van der Waals surface area contributed by atoms with Crippen molar-refractivity contribution in [2.24, 2.45) is 5.73 Å². The van der Waals surface area contributed by atoms with Gasteiger partial charge in [0.2, 0.25) is 5.91 Å². The van der Waals surface area contributed by atoms with Crippen molar-refractivity contribution in [3.05, 3.63) is 34.7 Å². The van der Waals surface area contributed by atoms with Crippen LogP contribution >= 0.6 is 11.3 Å². The number of nitrogens with two attached hydrogens (primary N) is 1. The average Bonchev–Trinajstić information content (AvgIpc) is 2.95. The normalized spacial score (nSPS) is 17.2. The van der Waals surface area contributed by atoms with Crippen LogP contribution < -0.4 is 11.1 Å². The molecule has 1 aliphatic rings. The van der Waals surface area contributed by atoms with Crippen LogP contribution in [-0.4, -0.2) is 16.4 Å². The summed E-state index contributed by atoms with van der Waals surface area (Å²) in [5.41, 5.74) is 8.30. The van der Waals surface area contributed by atoms with Crippen molar-refractivity contribution < 1.29 is 4.79 Å². The maximum Gasteiger partial charge on any atom is 0.244 e. The first kappa shape index (κ1) is 15.2. The summed E-state index contributed by atoms with van der Waals surface area (Å²) in [5, 5.41) is 6.05. The molecule has 1 saturated carbocycles. The van der Waals surface area contributed by atoms with Crippen LogP contribution in [0.5, 0.6) is 0 Å². The van der Waals surface area contributed by atoms with Crippen LogP contribution in [0.4, 0.5) is 5.69 Å². The summed E-state index contributed by atoms with van der Waals surface area (Å²) in [6.07, 6.45) is 4.77. The highest BCUT2D eigenvalue weighted by Gasteiger charge is 2.35. The van der Waals surface area contributed by atoms with E-state index in [1.807, 2.05) is 36.6 Å². The maximum absolute atomic E-state index is 12.5. The van der Waals surface area contributed by atoms with Gasteiger partial charge in [-0.3, -0.25) is 4.79 Å². The molecule has 1 aromatic carbocycles. The first-order valence-electron chi connectivity index (χ1n) is 7.70. The number of anilines is 1. The van der Waals surface area contributed by atoms with Gasteiger partial charge in [0.15, 0.2) is 0 Å². The highest BCUT2D eigenvalue weighted by molar-refractivity contribution is 7.09. The Balaban J connectivity index is 1.76. The molecule has 5 heteroatoms. The maximum atomic E-state index is 12.5. The van der Waals surface area contributed by atoms with Gasteiger partial charge in [0.1, 0.15) is 0 Å². The number of nitrogens with one attached hydrogen (secondary N) is 1. The van der Waals surface area contributed by atoms with Gasteiger partial charge in [-0.15, -0.1) is 11.3 Å². The second-order valence-corrected chi connectivity index (χ2v) is 7.07. The van der Waals surface area contributed by atoms with E-state index in [1.165, 1.54) is 6.42 Å². The second kappa shape index (κ2) is 6.18. The van der Waals surface area contributed by atoms with Gasteiger partial charge in [-0.2, -0.15) is 0 Å². The number of aryl methyl sites for hydroxylation is 1. The second-order valence-electron chi connectivity index (χ2n) is 6.00. The van der Waals surface area contributed by atoms with Crippen LogP contribution in [0.1, 0.15) is 37.1 Å².